The molecule has 20 heavy (non-hydrogen) atoms. The Labute approximate surface area is 121 Å². The van der Waals surface area contributed by atoms with Gasteiger partial charge in [-0.1, -0.05) is 6.92 Å². The number of Topliss-reactive ketones (excluding diaryl/α,β-unsaturated/α-hetero) is 1. The zero-order chi connectivity index (χ0) is 14.5. The van der Waals surface area contributed by atoms with E-state index in [0.717, 1.165) is 55.9 Å². The molecule has 1 unspecified atom stereocenters. The van der Waals surface area contributed by atoms with Crippen LogP contribution in [0.4, 0.5) is 0 Å². The number of nitrogens with one attached hydrogen (secondary N) is 1. The number of aryl methyl sites for hydroxylation is 2. The number of rotatable bonds is 6. The third-order valence-electron chi connectivity index (χ3n) is 3.84. The maximum absolute atomic E-state index is 12.4. The summed E-state index contributed by atoms with van der Waals surface area (Å²) < 4.78 is 5.82. The molecule has 1 aliphatic heterocycles. The number of piperidine rings is 1. The molecular weight excluding hydrogens is 252 g/mol. The van der Waals surface area contributed by atoms with Crippen LogP contribution in [0.15, 0.2) is 6.07 Å². The van der Waals surface area contributed by atoms with E-state index in [0.29, 0.717) is 12.6 Å². The van der Waals surface area contributed by atoms with Crippen LogP contribution < -0.4 is 0 Å². The van der Waals surface area contributed by atoms with E-state index in [-0.39, 0.29) is 5.78 Å². The summed E-state index contributed by atoms with van der Waals surface area (Å²) in [6.07, 6.45) is 3.59. The molecule has 0 amide bonds. The Morgan fingerprint density at radius 3 is 2.95 bits per heavy atom. The molecule has 0 bridgehead atoms. The van der Waals surface area contributed by atoms with E-state index in [1.807, 2.05) is 19.9 Å². The second-order valence-electron chi connectivity index (χ2n) is 5.78. The van der Waals surface area contributed by atoms with Crippen molar-refractivity contribution < 1.29 is 9.53 Å². The van der Waals surface area contributed by atoms with Gasteiger partial charge in [0.15, 0.2) is 5.78 Å². The highest BCUT2D eigenvalue weighted by Crippen LogP contribution is 2.16. The molecule has 0 aliphatic carbocycles. The predicted octanol–water partition coefficient (Wildman–Crippen LogP) is 2.71. The van der Waals surface area contributed by atoms with E-state index < -0.39 is 0 Å². The summed E-state index contributed by atoms with van der Waals surface area (Å²) >= 11 is 0. The van der Waals surface area contributed by atoms with Crippen molar-refractivity contribution in [2.45, 2.75) is 46.1 Å². The molecule has 4 nitrogen and oxygen atoms in total. The Morgan fingerprint density at radius 2 is 2.30 bits per heavy atom. The lowest BCUT2D eigenvalue weighted by molar-refractivity contribution is 0.00130. The quantitative estimate of drug-likeness (QED) is 0.814. The fourth-order valence-corrected chi connectivity index (χ4v) is 2.88. The first-order valence-electron chi connectivity index (χ1n) is 7.63. The summed E-state index contributed by atoms with van der Waals surface area (Å²) in [6.45, 7) is 9.28. The Bertz CT molecular complexity index is 453. The lowest BCUT2D eigenvalue weighted by Crippen LogP contribution is -2.42. The lowest BCUT2D eigenvalue weighted by atomic mass is 10.1. The minimum Gasteiger partial charge on any atom is -0.377 e. The van der Waals surface area contributed by atoms with Crippen molar-refractivity contribution in [1.82, 2.24) is 9.88 Å². The van der Waals surface area contributed by atoms with E-state index in [4.69, 9.17) is 4.74 Å². The van der Waals surface area contributed by atoms with Crippen LogP contribution >= 0.6 is 0 Å². The number of ether oxygens (including phenoxy) is 1. The number of hydrogen-bond acceptors (Lipinski definition) is 3. The van der Waals surface area contributed by atoms with Gasteiger partial charge in [0, 0.05) is 30.1 Å². The number of ketones is 1. The van der Waals surface area contributed by atoms with E-state index in [1.54, 1.807) is 0 Å². The molecule has 1 fully saturated rings. The third kappa shape index (κ3) is 3.93. The van der Waals surface area contributed by atoms with Gasteiger partial charge in [-0.05, 0) is 45.7 Å². The number of nitrogens with zero attached hydrogens (tertiary/aromatic N) is 1. The Hall–Kier alpha value is -1.13. The van der Waals surface area contributed by atoms with Crippen molar-refractivity contribution >= 4 is 5.78 Å². The summed E-state index contributed by atoms with van der Waals surface area (Å²) in [7, 11) is 0. The van der Waals surface area contributed by atoms with E-state index >= 15 is 0 Å². The van der Waals surface area contributed by atoms with Gasteiger partial charge in [-0.25, -0.2) is 0 Å². The largest absolute Gasteiger partial charge is 0.377 e. The Morgan fingerprint density at radius 1 is 1.50 bits per heavy atom. The molecule has 1 aromatic rings. The average molecular weight is 278 g/mol. The van der Waals surface area contributed by atoms with Crippen molar-refractivity contribution in [3.05, 3.63) is 23.0 Å². The monoisotopic (exact) mass is 278 g/mol. The van der Waals surface area contributed by atoms with E-state index in [1.165, 1.54) is 0 Å². The van der Waals surface area contributed by atoms with Crippen LogP contribution in [0.2, 0.25) is 0 Å². The van der Waals surface area contributed by atoms with Crippen molar-refractivity contribution in [1.29, 1.82) is 0 Å². The SMILES string of the molecule is CCCOC1CCCN(CC(=O)c2cc(C)[nH]c2C)C1. The lowest BCUT2D eigenvalue weighted by Gasteiger charge is -2.32. The first kappa shape index (κ1) is 15.3. The van der Waals surface area contributed by atoms with Gasteiger partial charge in [0.25, 0.3) is 0 Å². The van der Waals surface area contributed by atoms with Crippen LogP contribution in [0.5, 0.6) is 0 Å². The Kier molecular flexibility index (Phi) is 5.38. The molecule has 112 valence electrons. The molecule has 0 spiro atoms. The minimum absolute atomic E-state index is 0.211. The normalized spacial score (nSPS) is 20.2. The molecule has 0 saturated carbocycles. The van der Waals surface area contributed by atoms with Crippen LogP contribution in [0.25, 0.3) is 0 Å². The average Bonchev–Trinajstić information content (AvgIpc) is 2.76. The highest BCUT2D eigenvalue weighted by Gasteiger charge is 2.23. The predicted molar refractivity (Wildman–Crippen MR) is 80.3 cm³/mol. The van der Waals surface area contributed by atoms with Crippen LogP contribution in [0, 0.1) is 13.8 Å². The van der Waals surface area contributed by atoms with Crippen LogP contribution in [-0.4, -0.2) is 48.0 Å². The van der Waals surface area contributed by atoms with Crippen LogP contribution in [0.3, 0.4) is 0 Å². The summed E-state index contributed by atoms with van der Waals surface area (Å²) in [5.74, 6) is 0.211. The van der Waals surface area contributed by atoms with Gasteiger partial charge < -0.3 is 9.72 Å². The fraction of sp³-hybridized carbons (Fsp3) is 0.688. The number of aromatic amines is 1. The smallest absolute Gasteiger partial charge is 0.178 e. The maximum atomic E-state index is 12.4. The van der Waals surface area contributed by atoms with Crippen molar-refractivity contribution in [2.24, 2.45) is 0 Å². The first-order valence-corrected chi connectivity index (χ1v) is 7.63. The van der Waals surface area contributed by atoms with Crippen molar-refractivity contribution in [3.8, 4) is 0 Å². The first-order chi connectivity index (χ1) is 9.60. The molecule has 2 heterocycles. The number of H-pyrrole nitrogens is 1. The van der Waals surface area contributed by atoms with Crippen molar-refractivity contribution in [2.75, 3.05) is 26.2 Å². The standard InChI is InChI=1S/C16H26N2O2/c1-4-8-20-14-6-5-7-18(10-14)11-16(19)15-9-12(2)17-13(15)3/h9,14,17H,4-8,10-11H2,1-3H3. The third-order valence-corrected chi connectivity index (χ3v) is 3.84. The second kappa shape index (κ2) is 7.04. The van der Waals surface area contributed by atoms with Gasteiger partial charge in [-0.2, -0.15) is 0 Å². The molecule has 1 atom stereocenters. The summed E-state index contributed by atoms with van der Waals surface area (Å²) in [4.78, 5) is 17.8. The summed E-state index contributed by atoms with van der Waals surface area (Å²) in [6, 6.07) is 1.95. The second-order valence-corrected chi connectivity index (χ2v) is 5.78. The number of likely N-dealkylation sites (tertiary alicyclic amines) is 1. The van der Waals surface area contributed by atoms with E-state index in [9.17, 15) is 4.79 Å². The Balaban J connectivity index is 1.89. The van der Waals surface area contributed by atoms with Crippen LogP contribution in [0.1, 0.15) is 47.9 Å². The maximum Gasteiger partial charge on any atom is 0.178 e. The molecule has 1 N–H and O–H groups in total. The molecule has 1 saturated heterocycles. The topological polar surface area (TPSA) is 45.3 Å². The molecule has 4 heteroatoms. The number of carbonyl (C=O) groups excluding carboxylic acids is 1. The summed E-state index contributed by atoms with van der Waals surface area (Å²) in [5, 5.41) is 0. The molecule has 0 aromatic carbocycles. The molecule has 1 aromatic heterocycles. The van der Waals surface area contributed by atoms with Crippen molar-refractivity contribution in [3.63, 3.8) is 0 Å². The highest BCUT2D eigenvalue weighted by molar-refractivity contribution is 5.98. The molecular formula is C16H26N2O2. The zero-order valence-corrected chi connectivity index (χ0v) is 12.9. The number of hydrogen-bond donors (Lipinski definition) is 1. The zero-order valence-electron chi connectivity index (χ0n) is 12.9. The van der Waals surface area contributed by atoms with E-state index in [2.05, 4.69) is 16.8 Å². The fourth-order valence-electron chi connectivity index (χ4n) is 2.88. The van der Waals surface area contributed by atoms with Gasteiger partial charge in [0.05, 0.1) is 12.6 Å². The molecule has 2 rings (SSSR count). The number of carbonyl (C=O) groups is 1. The highest BCUT2D eigenvalue weighted by atomic mass is 16.5. The van der Waals surface area contributed by atoms with Gasteiger partial charge >= 0.3 is 0 Å². The number of aromatic nitrogens is 1. The van der Waals surface area contributed by atoms with Gasteiger partial charge in [0.2, 0.25) is 0 Å². The van der Waals surface area contributed by atoms with Gasteiger partial charge in [-0.15, -0.1) is 0 Å². The van der Waals surface area contributed by atoms with Gasteiger partial charge in [-0.3, -0.25) is 9.69 Å². The molecule has 0 radical (unpaired) electrons. The minimum atomic E-state index is 0.211. The van der Waals surface area contributed by atoms with Gasteiger partial charge in [0.1, 0.15) is 0 Å². The summed E-state index contributed by atoms with van der Waals surface area (Å²) in [5.41, 5.74) is 2.86. The van der Waals surface area contributed by atoms with Crippen LogP contribution in [-0.2, 0) is 4.74 Å². The molecule has 1 aliphatic rings.